The minimum atomic E-state index is -0.576. The quantitative estimate of drug-likeness (QED) is 0.803. The highest BCUT2D eigenvalue weighted by atomic mass is 16.3. The average molecular weight is 284 g/mol. The molecule has 1 aliphatic rings. The Labute approximate surface area is 124 Å². The largest absolute Gasteiger partial charge is 0.508 e. The number of nitrogens with one attached hydrogen (secondary N) is 1. The Morgan fingerprint density at radius 1 is 1.24 bits per heavy atom. The molecule has 1 aromatic heterocycles. The van der Waals surface area contributed by atoms with E-state index < -0.39 is 6.10 Å². The molecule has 2 atom stereocenters. The second kappa shape index (κ2) is 6.24. The number of aryl methyl sites for hydroxylation is 1. The lowest BCUT2D eigenvalue weighted by molar-refractivity contribution is 0.164. The van der Waals surface area contributed by atoms with Gasteiger partial charge in [-0.15, -0.1) is 0 Å². The van der Waals surface area contributed by atoms with Crippen LogP contribution in [0.2, 0.25) is 0 Å². The van der Waals surface area contributed by atoms with Crippen LogP contribution in [0.4, 0.5) is 0 Å². The first-order valence-electron chi connectivity index (χ1n) is 7.35. The van der Waals surface area contributed by atoms with Crippen LogP contribution in [0.25, 0.3) is 0 Å². The number of phenolic OH excluding ortho intramolecular Hbond substituents is 1. The van der Waals surface area contributed by atoms with E-state index in [1.165, 1.54) is 11.1 Å². The van der Waals surface area contributed by atoms with E-state index in [-0.39, 0.29) is 0 Å². The van der Waals surface area contributed by atoms with Gasteiger partial charge in [0.15, 0.2) is 0 Å². The first kappa shape index (κ1) is 14.0. The zero-order valence-corrected chi connectivity index (χ0v) is 11.9. The maximum Gasteiger partial charge on any atom is 0.115 e. The molecule has 0 amide bonds. The zero-order valence-electron chi connectivity index (χ0n) is 11.9. The molecular formula is C17H20N2O2. The number of aliphatic hydroxyl groups excluding tert-OH is 1. The van der Waals surface area contributed by atoms with Crippen molar-refractivity contribution >= 4 is 0 Å². The molecule has 0 fully saturated rings. The van der Waals surface area contributed by atoms with Crippen molar-refractivity contribution in [2.24, 2.45) is 0 Å². The molecule has 0 bridgehead atoms. The van der Waals surface area contributed by atoms with E-state index in [0.29, 0.717) is 24.0 Å². The third kappa shape index (κ3) is 3.40. The topological polar surface area (TPSA) is 65.4 Å². The second-order valence-corrected chi connectivity index (χ2v) is 5.57. The Balaban J connectivity index is 1.57. The van der Waals surface area contributed by atoms with Crippen LogP contribution in [-0.2, 0) is 12.8 Å². The third-order valence-corrected chi connectivity index (χ3v) is 4.05. The number of hydrogen-bond donors (Lipinski definition) is 3. The molecule has 0 saturated heterocycles. The van der Waals surface area contributed by atoms with Crippen molar-refractivity contribution in [1.29, 1.82) is 0 Å². The molecule has 0 saturated carbocycles. The first-order valence-corrected chi connectivity index (χ1v) is 7.35. The van der Waals surface area contributed by atoms with E-state index in [1.54, 1.807) is 12.3 Å². The van der Waals surface area contributed by atoms with Crippen LogP contribution in [0.3, 0.4) is 0 Å². The number of rotatable bonds is 4. The summed E-state index contributed by atoms with van der Waals surface area (Å²) in [5.74, 6) is 0.339. The minimum absolute atomic E-state index is 0.339. The predicted octanol–water partition coefficient (Wildman–Crippen LogP) is 1.97. The van der Waals surface area contributed by atoms with Crippen LogP contribution in [0.15, 0.2) is 42.6 Å². The number of aromatic hydroxyl groups is 1. The van der Waals surface area contributed by atoms with Gasteiger partial charge in [-0.2, -0.15) is 0 Å². The molecule has 2 unspecified atom stereocenters. The van der Waals surface area contributed by atoms with E-state index in [1.807, 2.05) is 30.3 Å². The number of pyridine rings is 1. The lowest BCUT2D eigenvalue weighted by atomic mass is 9.88. The van der Waals surface area contributed by atoms with Gasteiger partial charge in [-0.05, 0) is 54.7 Å². The molecule has 4 nitrogen and oxygen atoms in total. The summed E-state index contributed by atoms with van der Waals surface area (Å²) in [6.07, 6.45) is 4.03. The van der Waals surface area contributed by atoms with Gasteiger partial charge in [0.25, 0.3) is 0 Å². The first-order chi connectivity index (χ1) is 10.2. The summed E-state index contributed by atoms with van der Waals surface area (Å²) < 4.78 is 0. The van der Waals surface area contributed by atoms with Crippen molar-refractivity contribution in [3.8, 4) is 5.75 Å². The fourth-order valence-corrected chi connectivity index (χ4v) is 2.87. The summed E-state index contributed by atoms with van der Waals surface area (Å²) in [5, 5.41) is 23.0. The van der Waals surface area contributed by atoms with Crippen molar-refractivity contribution in [1.82, 2.24) is 10.3 Å². The monoisotopic (exact) mass is 284 g/mol. The van der Waals surface area contributed by atoms with Gasteiger partial charge in [0.2, 0.25) is 0 Å². The normalized spacial score (nSPS) is 19.0. The number of aliphatic hydroxyl groups is 1. The molecule has 0 spiro atoms. The van der Waals surface area contributed by atoms with E-state index >= 15 is 0 Å². The van der Waals surface area contributed by atoms with Crippen LogP contribution >= 0.6 is 0 Å². The summed E-state index contributed by atoms with van der Waals surface area (Å²) in [5.41, 5.74) is 3.22. The predicted molar refractivity (Wildman–Crippen MR) is 81.1 cm³/mol. The van der Waals surface area contributed by atoms with E-state index in [0.717, 1.165) is 19.3 Å². The summed E-state index contributed by atoms with van der Waals surface area (Å²) in [4.78, 5) is 4.17. The Morgan fingerprint density at radius 2 is 2.14 bits per heavy atom. The van der Waals surface area contributed by atoms with Crippen molar-refractivity contribution in [3.05, 3.63) is 59.4 Å². The Hall–Kier alpha value is -1.91. The molecular weight excluding hydrogens is 264 g/mol. The molecule has 110 valence electrons. The van der Waals surface area contributed by atoms with Crippen molar-refractivity contribution in [3.63, 3.8) is 0 Å². The summed E-state index contributed by atoms with van der Waals surface area (Å²) in [7, 11) is 0. The van der Waals surface area contributed by atoms with Crippen LogP contribution in [0.5, 0.6) is 5.75 Å². The van der Waals surface area contributed by atoms with Crippen LogP contribution in [-0.4, -0.2) is 27.8 Å². The fraction of sp³-hybridized carbons (Fsp3) is 0.353. The number of phenols is 1. The van der Waals surface area contributed by atoms with Gasteiger partial charge in [-0.25, -0.2) is 0 Å². The Morgan fingerprint density at radius 3 is 2.95 bits per heavy atom. The van der Waals surface area contributed by atoms with Gasteiger partial charge < -0.3 is 15.5 Å². The summed E-state index contributed by atoms with van der Waals surface area (Å²) in [6, 6.07) is 11.5. The highest BCUT2D eigenvalue weighted by Gasteiger charge is 2.19. The summed E-state index contributed by atoms with van der Waals surface area (Å²) in [6.45, 7) is 0.509. The number of fused-ring (bicyclic) bond motifs is 1. The highest BCUT2D eigenvalue weighted by molar-refractivity contribution is 5.37. The van der Waals surface area contributed by atoms with E-state index in [9.17, 15) is 10.2 Å². The average Bonchev–Trinajstić information content (AvgIpc) is 2.53. The molecule has 3 N–H and O–H groups in total. The molecule has 1 heterocycles. The molecule has 1 aromatic carbocycles. The third-order valence-electron chi connectivity index (χ3n) is 4.05. The highest BCUT2D eigenvalue weighted by Crippen LogP contribution is 2.25. The molecule has 4 heteroatoms. The van der Waals surface area contributed by atoms with Gasteiger partial charge in [0.1, 0.15) is 11.9 Å². The Kier molecular flexibility index (Phi) is 4.18. The van der Waals surface area contributed by atoms with Crippen molar-refractivity contribution in [2.45, 2.75) is 31.4 Å². The maximum atomic E-state index is 10.1. The zero-order chi connectivity index (χ0) is 14.7. The molecule has 0 aliphatic heterocycles. The fourth-order valence-electron chi connectivity index (χ4n) is 2.87. The lowest BCUT2D eigenvalue weighted by Crippen LogP contribution is -2.37. The second-order valence-electron chi connectivity index (χ2n) is 5.57. The van der Waals surface area contributed by atoms with Gasteiger partial charge >= 0.3 is 0 Å². The smallest absolute Gasteiger partial charge is 0.115 e. The van der Waals surface area contributed by atoms with Crippen LogP contribution in [0.1, 0.15) is 29.3 Å². The van der Waals surface area contributed by atoms with Crippen LogP contribution in [0, 0.1) is 0 Å². The standard InChI is InChI=1S/C17H20N2O2/c20-15-7-5-12-9-14(6-4-13(12)10-15)19-11-17(21)16-3-1-2-8-18-16/h1-3,5,7-8,10,14,17,19-21H,4,6,9,11H2. The number of benzene rings is 1. The molecule has 1 aliphatic carbocycles. The SMILES string of the molecule is Oc1ccc2c(c1)CCC(NCC(O)c1ccccn1)C2. The van der Waals surface area contributed by atoms with Crippen molar-refractivity contribution in [2.75, 3.05) is 6.54 Å². The van der Waals surface area contributed by atoms with Crippen molar-refractivity contribution < 1.29 is 10.2 Å². The van der Waals surface area contributed by atoms with Gasteiger partial charge in [-0.3, -0.25) is 4.98 Å². The molecule has 2 aromatic rings. The van der Waals surface area contributed by atoms with Gasteiger partial charge in [-0.1, -0.05) is 12.1 Å². The number of hydrogen-bond acceptors (Lipinski definition) is 4. The number of aromatic nitrogens is 1. The van der Waals surface area contributed by atoms with E-state index in [2.05, 4.69) is 10.3 Å². The molecule has 21 heavy (non-hydrogen) atoms. The Bertz CT molecular complexity index is 601. The lowest BCUT2D eigenvalue weighted by Gasteiger charge is -2.26. The van der Waals surface area contributed by atoms with Crippen LogP contribution < -0.4 is 5.32 Å². The molecule has 3 rings (SSSR count). The van der Waals surface area contributed by atoms with Gasteiger partial charge in [0.05, 0.1) is 5.69 Å². The maximum absolute atomic E-state index is 10.1. The summed E-state index contributed by atoms with van der Waals surface area (Å²) >= 11 is 0. The van der Waals surface area contributed by atoms with Gasteiger partial charge in [0, 0.05) is 18.8 Å². The molecule has 0 radical (unpaired) electrons. The van der Waals surface area contributed by atoms with E-state index in [4.69, 9.17) is 0 Å². The number of nitrogens with zero attached hydrogens (tertiary/aromatic N) is 1. The minimum Gasteiger partial charge on any atom is -0.508 e.